The molecule has 0 fully saturated rings. The van der Waals surface area contributed by atoms with Crippen molar-refractivity contribution in [2.24, 2.45) is 0 Å². The van der Waals surface area contributed by atoms with Gasteiger partial charge in [-0.2, -0.15) is 10.4 Å². The fourth-order valence-electron chi connectivity index (χ4n) is 2.95. The normalized spacial score (nSPS) is 10.7. The summed E-state index contributed by atoms with van der Waals surface area (Å²) in [6, 6.07) is 5.81. The summed E-state index contributed by atoms with van der Waals surface area (Å²) in [4.78, 5) is 12.5. The van der Waals surface area contributed by atoms with E-state index >= 15 is 0 Å². The zero-order chi connectivity index (χ0) is 20.1. The van der Waals surface area contributed by atoms with Crippen molar-refractivity contribution in [3.8, 4) is 17.6 Å². The minimum atomic E-state index is -0.503. The summed E-state index contributed by atoms with van der Waals surface area (Å²) in [5, 5.41) is 13.7. The molecule has 1 aromatic carbocycles. The molecule has 0 aliphatic carbocycles. The topological polar surface area (TPSA) is 77.1 Å². The molecule has 6 nitrogen and oxygen atoms in total. The minimum absolute atomic E-state index is 0.100. The number of hydrogen-bond donors (Lipinski definition) is 0. The molecule has 0 radical (unpaired) electrons. The second-order valence-electron chi connectivity index (χ2n) is 6.50. The van der Waals surface area contributed by atoms with Crippen LogP contribution in [0.2, 0.25) is 0 Å². The van der Waals surface area contributed by atoms with E-state index in [9.17, 15) is 10.1 Å². The van der Waals surface area contributed by atoms with Crippen LogP contribution in [0.4, 0.5) is 0 Å². The largest absolute Gasteiger partial charge is 0.461 e. The van der Waals surface area contributed by atoms with Crippen LogP contribution in [0.1, 0.15) is 59.6 Å². The molecule has 1 heterocycles. The summed E-state index contributed by atoms with van der Waals surface area (Å²) in [5.41, 5.74) is 3.30. The summed E-state index contributed by atoms with van der Waals surface area (Å²) in [6.07, 6.45) is 1.98. The Morgan fingerprint density at radius 1 is 1.33 bits per heavy atom. The van der Waals surface area contributed by atoms with Gasteiger partial charge in [0.1, 0.15) is 5.75 Å². The molecule has 0 N–H and O–H groups in total. The number of aryl methyl sites for hydroxylation is 2. The van der Waals surface area contributed by atoms with Crippen LogP contribution in [0.5, 0.6) is 11.5 Å². The van der Waals surface area contributed by atoms with E-state index in [1.165, 1.54) is 0 Å². The lowest BCUT2D eigenvalue weighted by Gasteiger charge is -2.14. The van der Waals surface area contributed by atoms with Crippen molar-refractivity contribution >= 4 is 17.7 Å². The van der Waals surface area contributed by atoms with E-state index in [2.05, 4.69) is 11.2 Å². The van der Waals surface area contributed by atoms with E-state index in [1.54, 1.807) is 35.5 Å². The van der Waals surface area contributed by atoms with Crippen LogP contribution in [-0.2, 0) is 10.6 Å². The van der Waals surface area contributed by atoms with Crippen molar-refractivity contribution < 1.29 is 14.3 Å². The minimum Gasteiger partial charge on any atom is -0.461 e. The van der Waals surface area contributed by atoms with Crippen molar-refractivity contribution in [1.29, 1.82) is 5.26 Å². The first-order chi connectivity index (χ1) is 12.8. The van der Waals surface area contributed by atoms with Gasteiger partial charge in [-0.25, -0.2) is 4.79 Å². The maximum absolute atomic E-state index is 12.5. The fourth-order valence-corrected chi connectivity index (χ4v) is 3.39. The smallest absolute Gasteiger partial charge is 0.362 e. The Bertz CT molecular complexity index is 858. The van der Waals surface area contributed by atoms with E-state index in [1.807, 2.05) is 34.0 Å². The summed E-state index contributed by atoms with van der Waals surface area (Å²) in [5.74, 6) is 1.19. The standard InChI is InChI=1S/C20H25N3O3S/c1-7-25-20(24)17-19(18(12(2)3)23(22-17)11-27-6)26-15-8-13(4)16(10-21)14(5)9-15/h8-9,12H,7,11H2,1-6H3. The number of carbonyl (C=O) groups excluding carboxylic acids is 1. The number of thioether (sulfide) groups is 1. The molecular formula is C20H25N3O3S. The summed E-state index contributed by atoms with van der Waals surface area (Å²) in [6.45, 7) is 9.82. The molecular weight excluding hydrogens is 362 g/mol. The molecule has 2 aromatic rings. The summed E-state index contributed by atoms with van der Waals surface area (Å²) >= 11 is 1.61. The molecule has 0 saturated carbocycles. The Balaban J connectivity index is 2.59. The molecule has 0 spiro atoms. The van der Waals surface area contributed by atoms with Crippen LogP contribution in [-0.4, -0.2) is 28.6 Å². The monoisotopic (exact) mass is 387 g/mol. The second kappa shape index (κ2) is 8.96. The average Bonchev–Trinajstić information content (AvgIpc) is 2.93. The van der Waals surface area contributed by atoms with Gasteiger partial charge < -0.3 is 9.47 Å². The zero-order valence-corrected chi connectivity index (χ0v) is 17.4. The number of esters is 1. The van der Waals surface area contributed by atoms with Gasteiger partial charge in [-0.3, -0.25) is 4.68 Å². The van der Waals surface area contributed by atoms with Crippen LogP contribution in [0.25, 0.3) is 0 Å². The number of benzene rings is 1. The van der Waals surface area contributed by atoms with Gasteiger partial charge in [0.15, 0.2) is 5.75 Å². The van der Waals surface area contributed by atoms with Gasteiger partial charge in [-0.15, -0.1) is 11.8 Å². The van der Waals surface area contributed by atoms with Gasteiger partial charge in [-0.1, -0.05) is 13.8 Å². The van der Waals surface area contributed by atoms with Crippen LogP contribution in [0, 0.1) is 25.2 Å². The third-order valence-corrected chi connectivity index (χ3v) is 4.55. The number of rotatable bonds is 7. The van der Waals surface area contributed by atoms with Gasteiger partial charge >= 0.3 is 5.97 Å². The molecule has 27 heavy (non-hydrogen) atoms. The first-order valence-electron chi connectivity index (χ1n) is 8.79. The van der Waals surface area contributed by atoms with Crippen molar-refractivity contribution in [2.45, 2.75) is 46.4 Å². The molecule has 7 heteroatoms. The summed E-state index contributed by atoms with van der Waals surface area (Å²) < 4.78 is 13.1. The van der Waals surface area contributed by atoms with Crippen LogP contribution < -0.4 is 4.74 Å². The molecule has 0 aliphatic heterocycles. The van der Waals surface area contributed by atoms with Crippen molar-refractivity contribution in [2.75, 3.05) is 12.9 Å². The highest BCUT2D eigenvalue weighted by Gasteiger charge is 2.28. The zero-order valence-electron chi connectivity index (χ0n) is 16.6. The maximum atomic E-state index is 12.5. The molecule has 2 rings (SSSR count). The lowest BCUT2D eigenvalue weighted by molar-refractivity contribution is 0.0516. The lowest BCUT2D eigenvalue weighted by Crippen LogP contribution is -2.08. The Labute approximate surface area is 164 Å². The number of nitriles is 1. The predicted molar refractivity (Wildman–Crippen MR) is 106 cm³/mol. The molecule has 0 amide bonds. The highest BCUT2D eigenvalue weighted by molar-refractivity contribution is 7.97. The van der Waals surface area contributed by atoms with Gasteiger partial charge in [0, 0.05) is 0 Å². The van der Waals surface area contributed by atoms with Crippen LogP contribution >= 0.6 is 11.8 Å². The third kappa shape index (κ3) is 4.45. The van der Waals surface area contributed by atoms with Gasteiger partial charge in [0.25, 0.3) is 0 Å². The quantitative estimate of drug-likeness (QED) is 0.636. The molecule has 1 aromatic heterocycles. The highest BCUT2D eigenvalue weighted by atomic mass is 32.2. The number of hydrogen-bond acceptors (Lipinski definition) is 6. The average molecular weight is 388 g/mol. The third-order valence-electron chi connectivity index (χ3n) is 4.05. The van der Waals surface area contributed by atoms with Crippen molar-refractivity contribution in [3.05, 3.63) is 40.2 Å². The maximum Gasteiger partial charge on any atom is 0.362 e. The molecule has 0 bridgehead atoms. The molecule has 0 aliphatic rings. The fraction of sp³-hybridized carbons (Fsp3) is 0.450. The molecule has 0 saturated heterocycles. The van der Waals surface area contributed by atoms with Crippen LogP contribution in [0.3, 0.4) is 0 Å². The Morgan fingerprint density at radius 3 is 2.44 bits per heavy atom. The molecule has 0 unspecified atom stereocenters. The SMILES string of the molecule is CCOC(=O)c1nn(CSC)c(C(C)C)c1Oc1cc(C)c(C#N)c(C)c1. The van der Waals surface area contributed by atoms with E-state index < -0.39 is 5.97 Å². The van der Waals surface area contributed by atoms with Crippen molar-refractivity contribution in [3.63, 3.8) is 0 Å². The number of carbonyl (C=O) groups is 1. The first-order valence-corrected chi connectivity index (χ1v) is 10.2. The predicted octanol–water partition coefficient (Wildman–Crippen LogP) is 4.78. The van der Waals surface area contributed by atoms with E-state index in [4.69, 9.17) is 9.47 Å². The number of nitrogens with zero attached hydrogens (tertiary/aromatic N) is 3. The van der Waals surface area contributed by atoms with E-state index in [0.717, 1.165) is 16.8 Å². The van der Waals surface area contributed by atoms with E-state index in [0.29, 0.717) is 22.9 Å². The first kappa shape index (κ1) is 20.8. The van der Waals surface area contributed by atoms with E-state index in [-0.39, 0.29) is 18.2 Å². The van der Waals surface area contributed by atoms with Gasteiger partial charge in [-0.05, 0) is 56.2 Å². The Kier molecular flexibility index (Phi) is 6.92. The van der Waals surface area contributed by atoms with Crippen molar-refractivity contribution in [1.82, 2.24) is 9.78 Å². The number of ether oxygens (including phenoxy) is 2. The Hall–Kier alpha value is -2.46. The lowest BCUT2D eigenvalue weighted by atomic mass is 10.0. The molecule has 0 atom stereocenters. The molecule has 144 valence electrons. The Morgan fingerprint density at radius 2 is 1.96 bits per heavy atom. The number of aromatic nitrogens is 2. The summed E-state index contributed by atoms with van der Waals surface area (Å²) in [7, 11) is 0. The second-order valence-corrected chi connectivity index (χ2v) is 7.34. The van der Waals surface area contributed by atoms with Gasteiger partial charge in [0.05, 0.1) is 29.8 Å². The van der Waals surface area contributed by atoms with Gasteiger partial charge in [0.2, 0.25) is 5.69 Å². The van der Waals surface area contributed by atoms with Crippen LogP contribution in [0.15, 0.2) is 12.1 Å². The highest BCUT2D eigenvalue weighted by Crippen LogP contribution is 2.36.